The number of carboxylic acid groups (broad SMARTS) is 1. The van der Waals surface area contributed by atoms with E-state index in [2.05, 4.69) is 14.7 Å². The number of hydrogen-bond acceptors (Lipinski definition) is 6. The van der Waals surface area contributed by atoms with Gasteiger partial charge in [-0.1, -0.05) is 49.0 Å². The number of hydrogen-bond donors (Lipinski definition) is 2. The molecule has 2 rings (SSSR count). The van der Waals surface area contributed by atoms with Crippen LogP contribution in [-0.2, 0) is 10.3 Å². The predicted molar refractivity (Wildman–Crippen MR) is 84.7 cm³/mol. The van der Waals surface area contributed by atoms with Crippen LogP contribution in [0.1, 0.15) is 18.9 Å². The second-order valence-corrected chi connectivity index (χ2v) is 6.53. The summed E-state index contributed by atoms with van der Waals surface area (Å²) in [6, 6.07) is 9.32. The molecule has 0 fully saturated rings. The molecule has 0 aliphatic heterocycles. The summed E-state index contributed by atoms with van der Waals surface area (Å²) in [4.78, 5) is 16.0. The quantitative estimate of drug-likeness (QED) is 0.727. The summed E-state index contributed by atoms with van der Waals surface area (Å²) < 4.78 is 4.80. The minimum atomic E-state index is -1.06. The third-order valence-electron chi connectivity index (χ3n) is 3.15. The molecular formula is C14H17N3O2S2. The number of rotatable bonds is 8. The highest BCUT2D eigenvalue weighted by molar-refractivity contribution is 8.00. The van der Waals surface area contributed by atoms with Crippen LogP contribution in [0.4, 0.5) is 0 Å². The largest absolute Gasteiger partial charge is 0.480 e. The van der Waals surface area contributed by atoms with Crippen molar-refractivity contribution >= 4 is 29.3 Å². The Morgan fingerprint density at radius 2 is 2.19 bits per heavy atom. The van der Waals surface area contributed by atoms with Crippen LogP contribution < -0.4 is 5.32 Å². The Morgan fingerprint density at radius 3 is 2.76 bits per heavy atom. The minimum Gasteiger partial charge on any atom is -0.480 e. The molecule has 0 bridgehead atoms. The van der Waals surface area contributed by atoms with Crippen LogP contribution in [0.15, 0.2) is 41.0 Å². The maximum absolute atomic E-state index is 11.9. The second-order valence-electron chi connectivity index (χ2n) is 4.41. The highest BCUT2D eigenvalue weighted by Gasteiger charge is 2.39. The van der Waals surface area contributed by atoms with Gasteiger partial charge in [0.1, 0.15) is 11.9 Å². The Morgan fingerprint density at radius 1 is 1.43 bits per heavy atom. The van der Waals surface area contributed by atoms with Crippen LogP contribution in [0.25, 0.3) is 0 Å². The third kappa shape index (κ3) is 3.81. The summed E-state index contributed by atoms with van der Waals surface area (Å²) in [6.45, 7) is 2.50. The van der Waals surface area contributed by atoms with Gasteiger partial charge in [0.25, 0.3) is 0 Å². The summed E-state index contributed by atoms with van der Waals surface area (Å²) in [5, 5.41) is 12.9. The van der Waals surface area contributed by atoms with E-state index < -0.39 is 11.5 Å². The number of carboxylic acids is 1. The molecule has 1 aromatic heterocycles. The van der Waals surface area contributed by atoms with E-state index in [-0.39, 0.29) is 0 Å². The molecule has 21 heavy (non-hydrogen) atoms. The molecule has 2 aromatic rings. The van der Waals surface area contributed by atoms with Crippen LogP contribution in [0.3, 0.4) is 0 Å². The minimum absolute atomic E-state index is 0.477. The van der Waals surface area contributed by atoms with Crippen molar-refractivity contribution in [2.24, 2.45) is 0 Å². The number of nitrogens with zero attached hydrogens (tertiary/aromatic N) is 2. The topological polar surface area (TPSA) is 75.1 Å². The smallest absolute Gasteiger partial charge is 0.328 e. The Bertz CT molecular complexity index is 563. The zero-order valence-corrected chi connectivity index (χ0v) is 13.3. The molecular weight excluding hydrogens is 306 g/mol. The van der Waals surface area contributed by atoms with Gasteiger partial charge in [-0.3, -0.25) is 5.32 Å². The molecule has 0 amide bonds. The molecule has 2 N–H and O–H groups in total. The predicted octanol–water partition coefficient (Wildman–Crippen LogP) is 2.61. The van der Waals surface area contributed by atoms with Crippen molar-refractivity contribution in [3.63, 3.8) is 0 Å². The molecule has 1 unspecified atom stereocenters. The lowest BCUT2D eigenvalue weighted by atomic mass is 9.87. The van der Waals surface area contributed by atoms with Crippen LogP contribution in [0.2, 0.25) is 0 Å². The van der Waals surface area contributed by atoms with Crippen LogP contribution in [0.5, 0.6) is 0 Å². The van der Waals surface area contributed by atoms with Gasteiger partial charge >= 0.3 is 5.97 Å². The number of aliphatic carboxylic acids is 1. The van der Waals surface area contributed by atoms with Crippen molar-refractivity contribution in [1.82, 2.24) is 14.7 Å². The van der Waals surface area contributed by atoms with Gasteiger partial charge in [-0.15, -0.1) is 0 Å². The lowest BCUT2D eigenvalue weighted by Gasteiger charge is -2.30. The summed E-state index contributed by atoms with van der Waals surface area (Å²) in [5.74, 6) is -0.197. The normalized spacial score (nSPS) is 13.8. The van der Waals surface area contributed by atoms with Gasteiger partial charge in [0.15, 0.2) is 4.34 Å². The molecule has 0 spiro atoms. The fraction of sp³-hybridized carbons (Fsp3) is 0.357. The van der Waals surface area contributed by atoms with Crippen molar-refractivity contribution < 1.29 is 9.90 Å². The second kappa shape index (κ2) is 7.53. The number of likely N-dealkylation sites (N-methyl/N-ethyl adjacent to an activating group) is 1. The molecule has 0 aliphatic carbocycles. The summed E-state index contributed by atoms with van der Waals surface area (Å²) >= 11 is 2.86. The molecule has 1 heterocycles. The Hall–Kier alpha value is -1.44. The zero-order valence-electron chi connectivity index (χ0n) is 11.7. The number of benzene rings is 1. The van der Waals surface area contributed by atoms with Gasteiger partial charge in [-0.2, -0.15) is 4.37 Å². The summed E-state index contributed by atoms with van der Waals surface area (Å²) in [6.07, 6.45) is 1.99. The van der Waals surface area contributed by atoms with E-state index >= 15 is 0 Å². The molecule has 1 atom stereocenters. The Kier molecular flexibility index (Phi) is 5.72. The van der Waals surface area contributed by atoms with E-state index in [1.54, 1.807) is 0 Å². The molecule has 0 aliphatic rings. The van der Waals surface area contributed by atoms with Gasteiger partial charge < -0.3 is 5.11 Å². The van der Waals surface area contributed by atoms with E-state index in [4.69, 9.17) is 0 Å². The standard InChI is InChI=1S/C14H17N3O2S2/c1-2-16-14(12(18)19,11-6-4-3-5-7-11)8-9-20-13-15-10-17-21-13/h3-7,10,16H,2,8-9H2,1H3,(H,18,19). The SMILES string of the molecule is CCNC(CCSc1ncns1)(C(=O)O)c1ccccc1. The first kappa shape index (κ1) is 15.9. The lowest BCUT2D eigenvalue weighted by molar-refractivity contribution is -0.145. The van der Waals surface area contributed by atoms with Crippen molar-refractivity contribution in [2.45, 2.75) is 23.2 Å². The van der Waals surface area contributed by atoms with Gasteiger partial charge in [-0.05, 0) is 30.1 Å². The average molecular weight is 323 g/mol. The maximum Gasteiger partial charge on any atom is 0.328 e. The molecule has 0 saturated carbocycles. The van der Waals surface area contributed by atoms with E-state index in [0.29, 0.717) is 18.7 Å². The fourth-order valence-corrected chi connectivity index (χ4v) is 3.76. The zero-order chi connectivity index (χ0) is 15.1. The average Bonchev–Trinajstić information content (AvgIpc) is 3.00. The van der Waals surface area contributed by atoms with Crippen LogP contribution in [0, 0.1) is 0 Å². The van der Waals surface area contributed by atoms with Gasteiger partial charge in [-0.25, -0.2) is 9.78 Å². The number of thioether (sulfide) groups is 1. The highest BCUT2D eigenvalue weighted by atomic mass is 32.2. The van der Waals surface area contributed by atoms with E-state index in [1.165, 1.54) is 29.6 Å². The van der Waals surface area contributed by atoms with Gasteiger partial charge in [0, 0.05) is 5.75 Å². The number of aromatic nitrogens is 2. The number of nitrogens with one attached hydrogen (secondary N) is 1. The molecule has 112 valence electrons. The fourth-order valence-electron chi connectivity index (χ4n) is 2.18. The molecule has 7 heteroatoms. The van der Waals surface area contributed by atoms with Gasteiger partial charge in [0.2, 0.25) is 0 Å². The summed E-state index contributed by atoms with van der Waals surface area (Å²) in [7, 11) is 0. The highest BCUT2D eigenvalue weighted by Crippen LogP contribution is 2.29. The van der Waals surface area contributed by atoms with Crippen molar-refractivity contribution in [3.05, 3.63) is 42.2 Å². The Labute approximate surface area is 132 Å². The molecule has 0 radical (unpaired) electrons. The first-order valence-corrected chi connectivity index (χ1v) is 8.38. The van der Waals surface area contributed by atoms with Crippen LogP contribution >= 0.6 is 23.3 Å². The van der Waals surface area contributed by atoms with Crippen LogP contribution in [-0.4, -0.2) is 32.7 Å². The van der Waals surface area contributed by atoms with E-state index in [0.717, 1.165) is 9.90 Å². The van der Waals surface area contributed by atoms with Gasteiger partial charge in [0.05, 0.1) is 0 Å². The van der Waals surface area contributed by atoms with E-state index in [9.17, 15) is 9.90 Å². The van der Waals surface area contributed by atoms with E-state index in [1.807, 2.05) is 37.3 Å². The lowest BCUT2D eigenvalue weighted by Crippen LogP contribution is -2.49. The molecule has 1 aromatic carbocycles. The maximum atomic E-state index is 11.9. The Balaban J connectivity index is 2.16. The number of carbonyl (C=O) groups is 1. The van der Waals surface area contributed by atoms with Crippen molar-refractivity contribution in [3.8, 4) is 0 Å². The van der Waals surface area contributed by atoms with Crippen molar-refractivity contribution in [2.75, 3.05) is 12.3 Å². The first-order chi connectivity index (χ1) is 10.2. The monoisotopic (exact) mass is 323 g/mol. The first-order valence-electron chi connectivity index (χ1n) is 6.62. The summed E-state index contributed by atoms with van der Waals surface area (Å²) in [5.41, 5.74) is -0.287. The molecule has 5 nitrogen and oxygen atoms in total. The third-order valence-corrected chi connectivity index (χ3v) is 4.95. The molecule has 0 saturated heterocycles. The van der Waals surface area contributed by atoms with Crippen molar-refractivity contribution in [1.29, 1.82) is 0 Å².